The van der Waals surface area contributed by atoms with Crippen molar-refractivity contribution in [3.05, 3.63) is 35.7 Å². The van der Waals surface area contributed by atoms with Gasteiger partial charge in [-0.1, -0.05) is 24.9 Å². The lowest BCUT2D eigenvalue weighted by Crippen LogP contribution is -2.35. The fourth-order valence-corrected chi connectivity index (χ4v) is 3.61. The summed E-state index contributed by atoms with van der Waals surface area (Å²) in [5, 5.41) is 3.96. The van der Waals surface area contributed by atoms with Crippen LogP contribution < -0.4 is 0 Å². The second-order valence-electron chi connectivity index (χ2n) is 6.85. The summed E-state index contributed by atoms with van der Waals surface area (Å²) >= 11 is 0. The normalized spacial score (nSPS) is 18.3. The van der Waals surface area contributed by atoms with Crippen LogP contribution >= 0.6 is 0 Å². The Hall–Kier alpha value is -2.11. The van der Waals surface area contributed by atoms with Gasteiger partial charge in [0.05, 0.1) is 6.04 Å². The van der Waals surface area contributed by atoms with Crippen LogP contribution in [0.5, 0.6) is 0 Å². The van der Waals surface area contributed by atoms with Crippen molar-refractivity contribution < 1.29 is 9.32 Å². The predicted octanol–water partition coefficient (Wildman–Crippen LogP) is 3.44. The lowest BCUT2D eigenvalue weighted by atomic mass is 10.1. The van der Waals surface area contributed by atoms with E-state index < -0.39 is 0 Å². The maximum atomic E-state index is 12.9. The second-order valence-corrected chi connectivity index (χ2v) is 6.85. The first-order chi connectivity index (χ1) is 12.2. The van der Waals surface area contributed by atoms with E-state index in [9.17, 15) is 4.79 Å². The summed E-state index contributed by atoms with van der Waals surface area (Å²) in [7, 11) is 2.05. The van der Waals surface area contributed by atoms with E-state index >= 15 is 0 Å². The third-order valence-electron chi connectivity index (χ3n) is 4.93. The molecule has 1 fully saturated rings. The SMILES string of the molecule is CCCc1noc(CCC(=O)N2CCCCC[C@H]2c2cccn2C)n1. The molecule has 0 saturated carbocycles. The van der Waals surface area contributed by atoms with Crippen LogP contribution in [0.25, 0.3) is 0 Å². The maximum absolute atomic E-state index is 12.9. The molecule has 3 rings (SSSR count). The van der Waals surface area contributed by atoms with Crippen LogP contribution in [0.2, 0.25) is 0 Å². The number of nitrogens with zero attached hydrogens (tertiary/aromatic N) is 4. The van der Waals surface area contributed by atoms with Crippen LogP contribution in [0.4, 0.5) is 0 Å². The van der Waals surface area contributed by atoms with Gasteiger partial charge in [0.25, 0.3) is 0 Å². The number of hydrogen-bond acceptors (Lipinski definition) is 4. The quantitative estimate of drug-likeness (QED) is 0.805. The van der Waals surface area contributed by atoms with E-state index in [1.165, 1.54) is 18.5 Å². The minimum absolute atomic E-state index is 0.174. The van der Waals surface area contributed by atoms with Gasteiger partial charge in [0.2, 0.25) is 11.8 Å². The van der Waals surface area contributed by atoms with Gasteiger partial charge in [0.15, 0.2) is 5.82 Å². The zero-order valence-corrected chi connectivity index (χ0v) is 15.3. The molecule has 1 saturated heterocycles. The number of carbonyl (C=O) groups is 1. The van der Waals surface area contributed by atoms with Crippen LogP contribution in [0, 0.1) is 0 Å². The Morgan fingerprint density at radius 1 is 1.32 bits per heavy atom. The smallest absolute Gasteiger partial charge is 0.227 e. The van der Waals surface area contributed by atoms with E-state index in [0.29, 0.717) is 18.7 Å². The van der Waals surface area contributed by atoms with Crippen LogP contribution in [0.3, 0.4) is 0 Å². The fraction of sp³-hybridized carbons (Fsp3) is 0.632. The Morgan fingerprint density at radius 2 is 2.20 bits per heavy atom. The molecule has 2 aromatic heterocycles. The second kappa shape index (κ2) is 8.32. The van der Waals surface area contributed by atoms with Gasteiger partial charge in [-0.15, -0.1) is 0 Å². The summed E-state index contributed by atoms with van der Waals surface area (Å²) in [6.45, 7) is 2.92. The zero-order valence-electron chi connectivity index (χ0n) is 15.3. The third-order valence-corrected chi connectivity index (χ3v) is 4.93. The molecule has 1 aliphatic rings. The third kappa shape index (κ3) is 4.30. The van der Waals surface area contributed by atoms with Crippen molar-refractivity contribution in [2.24, 2.45) is 7.05 Å². The first-order valence-electron chi connectivity index (χ1n) is 9.41. The lowest BCUT2D eigenvalue weighted by Gasteiger charge is -2.30. The Morgan fingerprint density at radius 3 is 2.96 bits per heavy atom. The van der Waals surface area contributed by atoms with Crippen LogP contribution in [0.15, 0.2) is 22.9 Å². The molecular formula is C19H28N4O2. The summed E-state index contributed by atoms with van der Waals surface area (Å²) in [6.07, 6.45) is 9.28. The molecule has 6 heteroatoms. The number of amides is 1. The van der Waals surface area contributed by atoms with Gasteiger partial charge in [-0.05, 0) is 31.4 Å². The summed E-state index contributed by atoms with van der Waals surface area (Å²) in [6, 6.07) is 4.36. The Labute approximate surface area is 149 Å². The summed E-state index contributed by atoms with van der Waals surface area (Å²) < 4.78 is 7.39. The molecule has 1 aliphatic heterocycles. The van der Waals surface area contributed by atoms with Gasteiger partial charge < -0.3 is 14.0 Å². The molecule has 25 heavy (non-hydrogen) atoms. The summed E-state index contributed by atoms with van der Waals surface area (Å²) in [5.41, 5.74) is 1.22. The molecule has 2 aromatic rings. The predicted molar refractivity (Wildman–Crippen MR) is 94.9 cm³/mol. The highest BCUT2D eigenvalue weighted by atomic mass is 16.5. The molecule has 0 radical (unpaired) electrons. The first-order valence-corrected chi connectivity index (χ1v) is 9.41. The summed E-state index contributed by atoms with van der Waals surface area (Å²) in [5.74, 6) is 1.49. The largest absolute Gasteiger partial charge is 0.353 e. The molecule has 136 valence electrons. The molecule has 0 aromatic carbocycles. The highest BCUT2D eigenvalue weighted by Gasteiger charge is 2.28. The Balaban J connectivity index is 1.66. The molecule has 0 N–H and O–H groups in total. The Kier molecular flexibility index (Phi) is 5.89. The van der Waals surface area contributed by atoms with Crippen LogP contribution in [-0.4, -0.2) is 32.1 Å². The van der Waals surface area contributed by atoms with Gasteiger partial charge in [0.1, 0.15) is 0 Å². The molecule has 0 aliphatic carbocycles. The van der Waals surface area contributed by atoms with Gasteiger partial charge in [-0.2, -0.15) is 4.98 Å². The number of aryl methyl sites for hydroxylation is 3. The first kappa shape index (κ1) is 17.7. The van der Waals surface area contributed by atoms with Crippen molar-refractivity contribution in [1.29, 1.82) is 0 Å². The van der Waals surface area contributed by atoms with Gasteiger partial charge in [-0.25, -0.2) is 0 Å². The highest BCUT2D eigenvalue weighted by Crippen LogP contribution is 2.30. The van der Waals surface area contributed by atoms with Gasteiger partial charge >= 0.3 is 0 Å². The minimum Gasteiger partial charge on any atom is -0.353 e. The standard InChI is InChI=1S/C19H28N4O2/c1-3-8-17-20-18(25-21-17)11-12-19(24)23-14-6-4-5-9-16(23)15-10-7-13-22(15)2/h7,10,13,16H,3-6,8-9,11-12,14H2,1-2H3/t16-/m0/s1. The molecule has 6 nitrogen and oxygen atoms in total. The van der Waals surface area contributed by atoms with Gasteiger partial charge in [0, 0.05) is 44.7 Å². The highest BCUT2D eigenvalue weighted by molar-refractivity contribution is 5.76. The van der Waals surface area contributed by atoms with E-state index in [1.807, 2.05) is 0 Å². The minimum atomic E-state index is 0.174. The van der Waals surface area contributed by atoms with E-state index in [0.717, 1.165) is 38.1 Å². The van der Waals surface area contributed by atoms with Crippen molar-refractivity contribution in [3.8, 4) is 0 Å². The lowest BCUT2D eigenvalue weighted by molar-refractivity contribution is -0.133. The number of aromatic nitrogens is 3. The molecule has 1 atom stereocenters. The molecule has 0 bridgehead atoms. The van der Waals surface area contributed by atoms with Crippen LogP contribution in [0.1, 0.15) is 68.9 Å². The molecule has 3 heterocycles. The van der Waals surface area contributed by atoms with E-state index in [-0.39, 0.29) is 11.9 Å². The van der Waals surface area contributed by atoms with E-state index in [1.54, 1.807) is 0 Å². The van der Waals surface area contributed by atoms with Crippen molar-refractivity contribution in [3.63, 3.8) is 0 Å². The fourth-order valence-electron chi connectivity index (χ4n) is 3.61. The maximum Gasteiger partial charge on any atom is 0.227 e. The number of carbonyl (C=O) groups excluding carboxylic acids is 1. The van der Waals surface area contributed by atoms with Crippen molar-refractivity contribution in [2.45, 2.75) is 64.3 Å². The van der Waals surface area contributed by atoms with Gasteiger partial charge in [-0.3, -0.25) is 4.79 Å². The van der Waals surface area contributed by atoms with Crippen molar-refractivity contribution in [1.82, 2.24) is 19.6 Å². The molecule has 0 spiro atoms. The van der Waals surface area contributed by atoms with Crippen molar-refractivity contribution in [2.75, 3.05) is 6.54 Å². The average molecular weight is 344 g/mol. The van der Waals surface area contributed by atoms with E-state index in [2.05, 4.69) is 51.9 Å². The molecule has 0 unspecified atom stereocenters. The average Bonchev–Trinajstić information content (AvgIpc) is 3.15. The molecular weight excluding hydrogens is 316 g/mol. The number of rotatable bonds is 6. The Bertz CT molecular complexity index is 691. The van der Waals surface area contributed by atoms with Crippen LogP contribution in [-0.2, 0) is 24.7 Å². The number of hydrogen-bond donors (Lipinski definition) is 0. The zero-order chi connectivity index (χ0) is 17.6. The monoisotopic (exact) mass is 344 g/mol. The topological polar surface area (TPSA) is 64.2 Å². The summed E-state index contributed by atoms with van der Waals surface area (Å²) in [4.78, 5) is 19.3. The van der Waals surface area contributed by atoms with Crippen molar-refractivity contribution >= 4 is 5.91 Å². The van der Waals surface area contributed by atoms with E-state index in [4.69, 9.17) is 4.52 Å². The number of likely N-dealkylation sites (tertiary alicyclic amines) is 1. The molecule has 1 amide bonds.